The van der Waals surface area contributed by atoms with Gasteiger partial charge in [0.05, 0.1) is 6.54 Å². The monoisotopic (exact) mass is 438 g/mol. The van der Waals surface area contributed by atoms with Gasteiger partial charge in [-0.3, -0.25) is 0 Å². The Morgan fingerprint density at radius 3 is 2.35 bits per heavy atom. The summed E-state index contributed by atoms with van der Waals surface area (Å²) in [5.74, 6) is 1.91. The van der Waals surface area contributed by atoms with Crippen LogP contribution in [0.15, 0.2) is 57.5 Å². The first-order valence-electron chi connectivity index (χ1n) is 9.55. The van der Waals surface area contributed by atoms with Crippen LogP contribution in [0.4, 0.5) is 10.5 Å². The Balaban J connectivity index is 1.31. The molecule has 0 bridgehead atoms. The molecule has 2 N–H and O–H groups in total. The van der Waals surface area contributed by atoms with E-state index in [9.17, 15) is 4.79 Å². The van der Waals surface area contributed by atoms with Crippen LogP contribution < -0.4 is 10.6 Å². The maximum absolute atomic E-state index is 12.2. The molecular formula is C21H19ClN6O3. The molecule has 0 atom stereocenters. The number of rotatable bonds is 6. The van der Waals surface area contributed by atoms with Gasteiger partial charge in [-0.05, 0) is 48.5 Å². The number of nitrogens with zero attached hydrogens (tertiary/aromatic N) is 4. The Labute approximate surface area is 182 Å². The lowest BCUT2D eigenvalue weighted by Gasteiger charge is -2.06. The summed E-state index contributed by atoms with van der Waals surface area (Å²) in [4.78, 5) is 16.5. The highest BCUT2D eigenvalue weighted by molar-refractivity contribution is 6.30. The molecule has 9 nitrogen and oxygen atoms in total. The Kier molecular flexibility index (Phi) is 5.94. The smallest absolute Gasteiger partial charge is 0.319 e. The molecule has 0 radical (unpaired) electrons. The molecule has 2 amide bonds. The molecule has 0 aliphatic carbocycles. The zero-order chi connectivity index (χ0) is 21.8. The van der Waals surface area contributed by atoms with Crippen LogP contribution in [0.3, 0.4) is 0 Å². The lowest BCUT2D eigenvalue weighted by atomic mass is 10.2. The van der Waals surface area contributed by atoms with Gasteiger partial charge in [-0.25, -0.2) is 4.79 Å². The molecule has 0 spiro atoms. The molecule has 158 valence electrons. The molecule has 31 heavy (non-hydrogen) atoms. The molecule has 4 rings (SSSR count). The number of nitrogens with one attached hydrogen (secondary N) is 2. The van der Waals surface area contributed by atoms with E-state index in [1.165, 1.54) is 0 Å². The molecule has 0 aliphatic heterocycles. The number of halogens is 1. The standard InChI is InChI=1S/C21H19ClN6O3/c1-12(2)18-25-19(31-28-18)13-5-9-16(10-6-13)24-21(29)23-11-17-26-27-20(30-17)14-3-7-15(22)8-4-14/h3-10,12H,11H2,1-2H3,(H2,23,24,29). The number of carbonyl (C=O) groups excluding carboxylic acids is 1. The summed E-state index contributed by atoms with van der Waals surface area (Å²) in [6.45, 7) is 4.07. The van der Waals surface area contributed by atoms with Crippen LogP contribution in [0.2, 0.25) is 5.02 Å². The molecule has 2 aromatic heterocycles. The van der Waals surface area contributed by atoms with Gasteiger partial charge < -0.3 is 19.6 Å². The first-order chi connectivity index (χ1) is 15.0. The topological polar surface area (TPSA) is 119 Å². The normalized spacial score (nSPS) is 11.0. The fourth-order valence-electron chi connectivity index (χ4n) is 2.65. The van der Waals surface area contributed by atoms with Crippen molar-refractivity contribution < 1.29 is 13.7 Å². The predicted molar refractivity (Wildman–Crippen MR) is 114 cm³/mol. The van der Waals surface area contributed by atoms with Crippen molar-refractivity contribution in [2.75, 3.05) is 5.32 Å². The third-order valence-electron chi connectivity index (χ3n) is 4.31. The van der Waals surface area contributed by atoms with Crippen LogP contribution in [0.5, 0.6) is 0 Å². The number of hydrogen-bond acceptors (Lipinski definition) is 7. The van der Waals surface area contributed by atoms with E-state index in [0.29, 0.717) is 28.3 Å². The van der Waals surface area contributed by atoms with E-state index < -0.39 is 6.03 Å². The zero-order valence-electron chi connectivity index (χ0n) is 16.8. The number of carbonyl (C=O) groups is 1. The van der Waals surface area contributed by atoms with Crippen molar-refractivity contribution in [3.8, 4) is 22.9 Å². The first kappa shape index (κ1) is 20.5. The molecule has 0 aliphatic rings. The van der Waals surface area contributed by atoms with E-state index in [4.69, 9.17) is 20.5 Å². The molecule has 0 unspecified atom stereocenters. The average molecular weight is 439 g/mol. The van der Waals surface area contributed by atoms with E-state index in [0.717, 1.165) is 11.1 Å². The van der Waals surface area contributed by atoms with E-state index in [-0.39, 0.29) is 18.4 Å². The Bertz CT molecular complexity index is 1170. The first-order valence-corrected chi connectivity index (χ1v) is 9.93. The van der Waals surface area contributed by atoms with Crippen LogP contribution in [-0.2, 0) is 6.54 Å². The summed E-state index contributed by atoms with van der Waals surface area (Å²) >= 11 is 5.88. The number of aromatic nitrogens is 4. The highest BCUT2D eigenvalue weighted by atomic mass is 35.5. The maximum atomic E-state index is 12.2. The SMILES string of the molecule is CC(C)c1noc(-c2ccc(NC(=O)NCc3nnc(-c4ccc(Cl)cc4)o3)cc2)n1. The second-order valence-corrected chi connectivity index (χ2v) is 7.44. The van der Waals surface area contributed by atoms with Crippen molar-refractivity contribution in [1.29, 1.82) is 0 Å². The van der Waals surface area contributed by atoms with Crippen LogP contribution in [0.25, 0.3) is 22.9 Å². The summed E-state index contributed by atoms with van der Waals surface area (Å²) in [5.41, 5.74) is 2.12. The van der Waals surface area contributed by atoms with Gasteiger partial charge in [-0.2, -0.15) is 4.98 Å². The Morgan fingerprint density at radius 2 is 1.68 bits per heavy atom. The summed E-state index contributed by atoms with van der Waals surface area (Å²) < 4.78 is 10.8. The van der Waals surface area contributed by atoms with E-state index in [1.54, 1.807) is 48.5 Å². The van der Waals surface area contributed by atoms with Gasteiger partial charge in [0.1, 0.15) is 0 Å². The Morgan fingerprint density at radius 1 is 1.00 bits per heavy atom. The molecular weight excluding hydrogens is 420 g/mol. The third kappa shape index (κ3) is 5.07. The van der Waals surface area contributed by atoms with Gasteiger partial charge in [0.2, 0.25) is 11.8 Å². The second-order valence-electron chi connectivity index (χ2n) is 7.01. The summed E-state index contributed by atoms with van der Waals surface area (Å²) in [6.07, 6.45) is 0. The third-order valence-corrected chi connectivity index (χ3v) is 4.56. The fourth-order valence-corrected chi connectivity index (χ4v) is 2.77. The van der Waals surface area contributed by atoms with Gasteiger partial charge in [0.25, 0.3) is 5.89 Å². The van der Waals surface area contributed by atoms with Crippen LogP contribution in [0, 0.1) is 0 Å². The maximum Gasteiger partial charge on any atom is 0.319 e. The van der Waals surface area contributed by atoms with Crippen molar-refractivity contribution in [1.82, 2.24) is 25.7 Å². The summed E-state index contributed by atoms with van der Waals surface area (Å²) in [7, 11) is 0. The minimum Gasteiger partial charge on any atom is -0.419 e. The molecule has 0 saturated heterocycles. The highest BCUT2D eigenvalue weighted by Crippen LogP contribution is 2.22. The fraction of sp³-hybridized carbons (Fsp3) is 0.190. The molecule has 2 aromatic carbocycles. The summed E-state index contributed by atoms with van der Waals surface area (Å²) in [6, 6.07) is 13.7. The highest BCUT2D eigenvalue weighted by Gasteiger charge is 2.12. The van der Waals surface area contributed by atoms with Crippen molar-refractivity contribution in [3.63, 3.8) is 0 Å². The van der Waals surface area contributed by atoms with Crippen molar-refractivity contribution in [2.24, 2.45) is 0 Å². The predicted octanol–water partition coefficient (Wildman–Crippen LogP) is 4.89. The molecule has 0 fully saturated rings. The van der Waals surface area contributed by atoms with Crippen molar-refractivity contribution >= 4 is 23.3 Å². The molecule has 2 heterocycles. The van der Waals surface area contributed by atoms with Gasteiger partial charge >= 0.3 is 6.03 Å². The van der Waals surface area contributed by atoms with E-state index in [1.807, 2.05) is 13.8 Å². The number of benzene rings is 2. The lowest BCUT2D eigenvalue weighted by molar-refractivity contribution is 0.250. The quantitative estimate of drug-likeness (QED) is 0.440. The largest absolute Gasteiger partial charge is 0.419 e. The number of amides is 2. The zero-order valence-corrected chi connectivity index (χ0v) is 17.6. The van der Waals surface area contributed by atoms with Gasteiger partial charge in [-0.15, -0.1) is 10.2 Å². The van der Waals surface area contributed by atoms with Gasteiger partial charge in [0.15, 0.2) is 5.82 Å². The number of anilines is 1. The van der Waals surface area contributed by atoms with Crippen LogP contribution in [0.1, 0.15) is 31.5 Å². The molecule has 0 saturated carbocycles. The second kappa shape index (κ2) is 8.97. The van der Waals surface area contributed by atoms with Gasteiger partial charge in [0, 0.05) is 27.8 Å². The van der Waals surface area contributed by atoms with Crippen LogP contribution in [-0.4, -0.2) is 26.4 Å². The van der Waals surface area contributed by atoms with Crippen LogP contribution >= 0.6 is 11.6 Å². The van der Waals surface area contributed by atoms with E-state index >= 15 is 0 Å². The van der Waals surface area contributed by atoms with Gasteiger partial charge in [-0.1, -0.05) is 30.6 Å². The minimum absolute atomic E-state index is 0.0878. The van der Waals surface area contributed by atoms with Crippen molar-refractivity contribution in [3.05, 3.63) is 65.3 Å². The lowest BCUT2D eigenvalue weighted by Crippen LogP contribution is -2.28. The van der Waals surface area contributed by atoms with E-state index in [2.05, 4.69) is 31.0 Å². The Hall–Kier alpha value is -3.72. The number of urea groups is 1. The number of hydrogen-bond donors (Lipinski definition) is 2. The average Bonchev–Trinajstić information content (AvgIpc) is 3.44. The minimum atomic E-state index is -0.404. The molecule has 4 aromatic rings. The summed E-state index contributed by atoms with van der Waals surface area (Å²) in [5, 5.41) is 17.9. The van der Waals surface area contributed by atoms with Crippen molar-refractivity contribution in [2.45, 2.75) is 26.3 Å². The molecule has 10 heteroatoms.